The molecule has 2 heterocycles. The third-order valence-corrected chi connectivity index (χ3v) is 5.54. The lowest BCUT2D eigenvalue weighted by molar-refractivity contribution is 0.483. The first-order valence-corrected chi connectivity index (χ1v) is 10.7. The summed E-state index contributed by atoms with van der Waals surface area (Å²) in [5.74, 6) is 1.00. The number of hydrogen-bond donors (Lipinski definition) is 1. The molecule has 4 rings (SSSR count). The highest BCUT2D eigenvalue weighted by atomic mass is 35.5. The van der Waals surface area contributed by atoms with Crippen LogP contribution in [-0.2, 0) is 0 Å². The molecule has 0 aliphatic rings. The SMILES string of the molecule is Cc1cc(C(C)C)nc2ccc(Oc3c(Cl)cc(-n4nc(C#N)c(=O)[nH]c4=O)cc3Cl)cc12. The molecule has 0 saturated heterocycles. The zero-order chi connectivity index (χ0) is 23.9. The van der Waals surface area contributed by atoms with E-state index in [1.807, 2.05) is 24.0 Å². The Hall–Kier alpha value is -3.67. The third-order valence-electron chi connectivity index (χ3n) is 4.98. The number of nitrogens with one attached hydrogen (secondary N) is 1. The molecule has 0 radical (unpaired) electrons. The lowest BCUT2D eigenvalue weighted by atomic mass is 10.0. The van der Waals surface area contributed by atoms with Crippen LogP contribution in [0.5, 0.6) is 11.5 Å². The number of rotatable bonds is 4. The van der Waals surface area contributed by atoms with E-state index in [2.05, 4.69) is 25.0 Å². The van der Waals surface area contributed by atoms with Crippen LogP contribution in [-0.4, -0.2) is 19.7 Å². The van der Waals surface area contributed by atoms with Gasteiger partial charge in [0.25, 0.3) is 5.56 Å². The number of pyridine rings is 1. The summed E-state index contributed by atoms with van der Waals surface area (Å²) in [6, 6.07) is 12.0. The van der Waals surface area contributed by atoms with E-state index in [0.717, 1.165) is 26.8 Å². The molecule has 10 heteroatoms. The fourth-order valence-electron chi connectivity index (χ4n) is 3.29. The fourth-order valence-corrected chi connectivity index (χ4v) is 3.84. The van der Waals surface area contributed by atoms with Crippen molar-refractivity contribution in [3.63, 3.8) is 0 Å². The van der Waals surface area contributed by atoms with Crippen molar-refractivity contribution in [3.8, 4) is 23.3 Å². The van der Waals surface area contributed by atoms with Crippen molar-refractivity contribution in [1.29, 1.82) is 5.26 Å². The lowest BCUT2D eigenvalue weighted by Gasteiger charge is -2.14. The molecule has 8 nitrogen and oxygen atoms in total. The number of ether oxygens (including phenoxy) is 1. The van der Waals surface area contributed by atoms with Gasteiger partial charge in [0.2, 0.25) is 5.69 Å². The summed E-state index contributed by atoms with van der Waals surface area (Å²) >= 11 is 12.8. The number of aromatic nitrogens is 4. The first-order chi connectivity index (χ1) is 15.7. The molecule has 0 aliphatic heterocycles. The van der Waals surface area contributed by atoms with Crippen LogP contribution in [0.2, 0.25) is 10.0 Å². The molecular weight excluding hydrogens is 465 g/mol. The first-order valence-electron chi connectivity index (χ1n) is 9.90. The Morgan fingerprint density at radius 1 is 1.12 bits per heavy atom. The summed E-state index contributed by atoms with van der Waals surface area (Å²) < 4.78 is 6.79. The molecule has 4 aromatic rings. The van der Waals surface area contributed by atoms with E-state index in [4.69, 9.17) is 38.2 Å². The van der Waals surface area contributed by atoms with Crippen molar-refractivity contribution in [2.75, 3.05) is 0 Å². The quantitative estimate of drug-likeness (QED) is 0.444. The summed E-state index contributed by atoms with van der Waals surface area (Å²) in [5.41, 5.74) is 0.920. The molecule has 0 fully saturated rings. The summed E-state index contributed by atoms with van der Waals surface area (Å²) in [7, 11) is 0. The van der Waals surface area contributed by atoms with Gasteiger partial charge in [-0.05, 0) is 54.8 Å². The summed E-state index contributed by atoms with van der Waals surface area (Å²) in [6.45, 7) is 6.20. The van der Waals surface area contributed by atoms with Gasteiger partial charge in [0.15, 0.2) is 5.75 Å². The van der Waals surface area contributed by atoms with E-state index in [1.54, 1.807) is 12.1 Å². The molecule has 0 unspecified atom stereocenters. The van der Waals surface area contributed by atoms with Gasteiger partial charge < -0.3 is 4.74 Å². The van der Waals surface area contributed by atoms with Crippen molar-refractivity contribution in [1.82, 2.24) is 19.7 Å². The van der Waals surface area contributed by atoms with Crippen LogP contribution in [0.3, 0.4) is 0 Å². The number of aryl methyl sites for hydroxylation is 1. The largest absolute Gasteiger partial charge is 0.454 e. The zero-order valence-electron chi connectivity index (χ0n) is 17.8. The highest BCUT2D eigenvalue weighted by Crippen LogP contribution is 2.39. The number of nitrogens with zero attached hydrogens (tertiary/aromatic N) is 4. The minimum absolute atomic E-state index is 0.112. The molecule has 0 saturated carbocycles. The Kier molecular flexibility index (Phi) is 5.93. The van der Waals surface area contributed by atoms with Gasteiger partial charge in [-0.1, -0.05) is 37.0 Å². The van der Waals surface area contributed by atoms with Crippen LogP contribution in [0.15, 0.2) is 46.0 Å². The van der Waals surface area contributed by atoms with E-state index in [1.165, 1.54) is 12.1 Å². The molecule has 0 aliphatic carbocycles. The van der Waals surface area contributed by atoms with E-state index >= 15 is 0 Å². The van der Waals surface area contributed by atoms with Crippen molar-refractivity contribution >= 4 is 34.1 Å². The number of nitriles is 1. The maximum absolute atomic E-state index is 12.1. The van der Waals surface area contributed by atoms with E-state index in [0.29, 0.717) is 11.7 Å². The van der Waals surface area contributed by atoms with Gasteiger partial charge in [0.1, 0.15) is 11.8 Å². The minimum atomic E-state index is -0.877. The Bertz CT molecular complexity index is 1540. The lowest BCUT2D eigenvalue weighted by Crippen LogP contribution is -2.33. The number of hydrogen-bond acceptors (Lipinski definition) is 6. The van der Waals surface area contributed by atoms with Gasteiger partial charge in [0, 0.05) is 11.1 Å². The molecule has 166 valence electrons. The Morgan fingerprint density at radius 2 is 1.82 bits per heavy atom. The van der Waals surface area contributed by atoms with Gasteiger partial charge in [-0.15, -0.1) is 5.10 Å². The summed E-state index contributed by atoms with van der Waals surface area (Å²) in [6.07, 6.45) is 0. The highest BCUT2D eigenvalue weighted by molar-refractivity contribution is 6.37. The van der Waals surface area contributed by atoms with Crippen LogP contribution in [0.4, 0.5) is 0 Å². The third kappa shape index (κ3) is 4.33. The van der Waals surface area contributed by atoms with Crippen LogP contribution in [0, 0.1) is 18.3 Å². The second-order valence-corrected chi connectivity index (χ2v) is 8.48. The molecule has 0 spiro atoms. The van der Waals surface area contributed by atoms with Crippen LogP contribution < -0.4 is 16.0 Å². The number of fused-ring (bicyclic) bond motifs is 1. The normalized spacial score (nSPS) is 11.1. The highest BCUT2D eigenvalue weighted by Gasteiger charge is 2.16. The number of aromatic amines is 1. The molecule has 2 aromatic heterocycles. The Balaban J connectivity index is 1.73. The second-order valence-electron chi connectivity index (χ2n) is 7.67. The smallest absolute Gasteiger partial charge is 0.349 e. The molecule has 2 aromatic carbocycles. The van der Waals surface area contributed by atoms with Gasteiger partial charge >= 0.3 is 5.69 Å². The number of benzene rings is 2. The summed E-state index contributed by atoms with van der Waals surface area (Å²) in [4.78, 5) is 30.5. The van der Waals surface area contributed by atoms with Crippen LogP contribution >= 0.6 is 23.2 Å². The molecule has 33 heavy (non-hydrogen) atoms. The Morgan fingerprint density at radius 3 is 2.45 bits per heavy atom. The van der Waals surface area contributed by atoms with Crippen LogP contribution in [0.25, 0.3) is 16.6 Å². The van der Waals surface area contributed by atoms with E-state index < -0.39 is 16.9 Å². The molecule has 0 atom stereocenters. The van der Waals surface area contributed by atoms with Crippen molar-refractivity contribution in [3.05, 3.63) is 84.2 Å². The maximum Gasteiger partial charge on any atom is 0.349 e. The van der Waals surface area contributed by atoms with E-state index in [9.17, 15) is 9.59 Å². The average Bonchev–Trinajstić information content (AvgIpc) is 2.76. The standard InChI is InChI=1S/C23H17Cl2N5O3/c1-11(2)19-6-12(3)15-9-14(4-5-18(15)27-19)33-21-16(24)7-13(8-17(21)25)30-23(32)28-22(31)20(10-26)29-30/h4-9,11H,1-3H3,(H,28,31,32). The average molecular weight is 482 g/mol. The molecule has 0 amide bonds. The predicted molar refractivity (Wildman–Crippen MR) is 126 cm³/mol. The van der Waals surface area contributed by atoms with Gasteiger partial charge in [0.05, 0.1) is 21.2 Å². The van der Waals surface area contributed by atoms with Crippen LogP contribution in [0.1, 0.15) is 36.7 Å². The first kappa shape index (κ1) is 22.5. The van der Waals surface area contributed by atoms with E-state index in [-0.39, 0.29) is 21.5 Å². The van der Waals surface area contributed by atoms with Crippen molar-refractivity contribution < 1.29 is 4.74 Å². The van der Waals surface area contributed by atoms with Crippen molar-refractivity contribution in [2.24, 2.45) is 0 Å². The molecule has 1 N–H and O–H groups in total. The number of H-pyrrole nitrogens is 1. The monoisotopic (exact) mass is 481 g/mol. The predicted octanol–water partition coefficient (Wildman–Crippen LogP) is 4.87. The molecule has 0 bridgehead atoms. The van der Waals surface area contributed by atoms with Gasteiger partial charge in [-0.3, -0.25) is 14.8 Å². The Labute approximate surface area is 198 Å². The topological polar surface area (TPSA) is 114 Å². The van der Waals surface area contributed by atoms with Crippen molar-refractivity contribution in [2.45, 2.75) is 26.7 Å². The minimum Gasteiger partial charge on any atom is -0.454 e. The maximum atomic E-state index is 12.1. The van der Waals surface area contributed by atoms with Gasteiger partial charge in [-0.2, -0.15) is 9.94 Å². The second kappa shape index (κ2) is 8.70. The summed E-state index contributed by atoms with van der Waals surface area (Å²) in [5, 5.41) is 13.9. The van der Waals surface area contributed by atoms with Gasteiger partial charge in [-0.25, -0.2) is 4.79 Å². The number of halogens is 2. The zero-order valence-corrected chi connectivity index (χ0v) is 19.3. The molecular formula is C23H17Cl2N5O3. The fraction of sp³-hybridized carbons (Fsp3) is 0.174.